The van der Waals surface area contributed by atoms with E-state index < -0.39 is 0 Å². The van der Waals surface area contributed by atoms with Crippen LogP contribution in [-0.2, 0) is 9.59 Å². The molecule has 0 atom stereocenters. The predicted octanol–water partition coefficient (Wildman–Crippen LogP) is 3.39. The zero-order valence-electron chi connectivity index (χ0n) is 17.5. The zero-order valence-corrected chi connectivity index (χ0v) is 18.3. The molecule has 0 radical (unpaired) electrons. The smallest absolute Gasteiger partial charge is 0.238 e. The summed E-state index contributed by atoms with van der Waals surface area (Å²) in [6.07, 6.45) is 0.388. The molecule has 1 aliphatic rings. The van der Waals surface area contributed by atoms with Crippen molar-refractivity contribution >= 4 is 35.0 Å². The van der Waals surface area contributed by atoms with Crippen LogP contribution >= 0.6 is 11.8 Å². The third-order valence-corrected chi connectivity index (χ3v) is 5.35. The van der Waals surface area contributed by atoms with Gasteiger partial charge in [-0.15, -0.1) is 11.8 Å². The number of likely N-dealkylation sites (N-methyl/N-ethyl adjacent to an activating group) is 1. The number of aryl methyl sites for hydroxylation is 1. The maximum atomic E-state index is 12.3. The lowest BCUT2D eigenvalue weighted by atomic mass is 10.1. The van der Waals surface area contributed by atoms with E-state index in [0.717, 1.165) is 27.6 Å². The van der Waals surface area contributed by atoms with E-state index in [0.29, 0.717) is 37.6 Å². The Hall–Kier alpha value is -2.71. The van der Waals surface area contributed by atoms with Gasteiger partial charge in [0.15, 0.2) is 11.5 Å². The van der Waals surface area contributed by atoms with Crippen LogP contribution in [0.1, 0.15) is 12.0 Å². The lowest BCUT2D eigenvalue weighted by Crippen LogP contribution is -2.27. The topological polar surface area (TPSA) is 79.9 Å². The molecular formula is C22H27N3O4S. The molecule has 0 saturated carbocycles. The van der Waals surface area contributed by atoms with E-state index in [1.165, 1.54) is 0 Å². The molecule has 8 heteroatoms. The fourth-order valence-electron chi connectivity index (χ4n) is 2.96. The van der Waals surface area contributed by atoms with Gasteiger partial charge in [-0.2, -0.15) is 0 Å². The predicted molar refractivity (Wildman–Crippen MR) is 120 cm³/mol. The maximum absolute atomic E-state index is 12.3. The van der Waals surface area contributed by atoms with Gasteiger partial charge in [0.05, 0.1) is 6.54 Å². The summed E-state index contributed by atoms with van der Waals surface area (Å²) in [7, 11) is 3.69. The summed E-state index contributed by atoms with van der Waals surface area (Å²) in [5.41, 5.74) is 2.35. The molecule has 0 aliphatic carbocycles. The molecule has 0 unspecified atom stereocenters. The van der Waals surface area contributed by atoms with Crippen molar-refractivity contribution in [1.29, 1.82) is 0 Å². The summed E-state index contributed by atoms with van der Waals surface area (Å²) in [5, 5.41) is 5.79. The second-order valence-corrected chi connectivity index (χ2v) is 8.44. The number of rotatable bonds is 8. The first-order valence-electron chi connectivity index (χ1n) is 9.78. The number of hydrogen-bond donors (Lipinski definition) is 2. The third-order valence-electron chi connectivity index (χ3n) is 4.36. The summed E-state index contributed by atoms with van der Waals surface area (Å²) in [6.45, 7) is 3.35. The van der Waals surface area contributed by atoms with Gasteiger partial charge in [-0.1, -0.05) is 0 Å². The van der Waals surface area contributed by atoms with E-state index in [1.54, 1.807) is 17.8 Å². The Labute approximate surface area is 181 Å². The Morgan fingerprint density at radius 1 is 1.00 bits per heavy atom. The fourth-order valence-corrected chi connectivity index (χ4v) is 3.83. The van der Waals surface area contributed by atoms with E-state index in [-0.39, 0.29) is 11.8 Å². The van der Waals surface area contributed by atoms with Crippen molar-refractivity contribution in [3.05, 3.63) is 42.0 Å². The van der Waals surface area contributed by atoms with Crippen molar-refractivity contribution in [2.75, 3.05) is 50.2 Å². The van der Waals surface area contributed by atoms with Crippen LogP contribution in [0.5, 0.6) is 11.5 Å². The van der Waals surface area contributed by atoms with Crippen LogP contribution in [-0.4, -0.2) is 56.3 Å². The first-order chi connectivity index (χ1) is 14.4. The normalized spacial score (nSPS) is 12.5. The highest BCUT2D eigenvalue weighted by Gasteiger charge is 2.12. The molecule has 160 valence electrons. The molecule has 7 nitrogen and oxygen atoms in total. The SMILES string of the molecule is Cc1cc(NC(=O)CCSc2ccc3c(c2)OCCO3)ccc1NC(=O)CN(C)C. The van der Waals surface area contributed by atoms with Gasteiger partial charge in [-0.3, -0.25) is 9.59 Å². The molecule has 2 N–H and O–H groups in total. The van der Waals surface area contributed by atoms with Gasteiger partial charge in [-0.25, -0.2) is 0 Å². The molecule has 2 aromatic carbocycles. The molecule has 3 rings (SSSR count). The first-order valence-corrected chi connectivity index (χ1v) is 10.8. The Morgan fingerprint density at radius 2 is 1.77 bits per heavy atom. The number of ether oxygens (including phenoxy) is 2. The number of anilines is 2. The molecule has 0 aromatic heterocycles. The number of thioether (sulfide) groups is 1. The van der Waals surface area contributed by atoms with Crippen molar-refractivity contribution in [1.82, 2.24) is 4.90 Å². The van der Waals surface area contributed by atoms with Crippen LogP contribution < -0.4 is 20.1 Å². The van der Waals surface area contributed by atoms with Crippen LogP contribution in [0.3, 0.4) is 0 Å². The molecule has 30 heavy (non-hydrogen) atoms. The van der Waals surface area contributed by atoms with Gasteiger partial charge < -0.3 is 25.0 Å². The Kier molecular flexibility index (Phi) is 7.59. The summed E-state index contributed by atoms with van der Waals surface area (Å²) in [5.74, 6) is 2.05. The summed E-state index contributed by atoms with van der Waals surface area (Å²) < 4.78 is 11.1. The zero-order chi connectivity index (χ0) is 21.5. The number of hydrogen-bond acceptors (Lipinski definition) is 6. The second kappa shape index (κ2) is 10.4. The average Bonchev–Trinajstić information content (AvgIpc) is 2.69. The average molecular weight is 430 g/mol. The molecule has 0 bridgehead atoms. The highest BCUT2D eigenvalue weighted by molar-refractivity contribution is 7.99. The number of carbonyl (C=O) groups excluding carboxylic acids is 2. The van der Waals surface area contributed by atoms with Gasteiger partial charge in [0.25, 0.3) is 0 Å². The largest absolute Gasteiger partial charge is 0.486 e. The maximum Gasteiger partial charge on any atom is 0.238 e. The van der Waals surface area contributed by atoms with Crippen molar-refractivity contribution < 1.29 is 19.1 Å². The lowest BCUT2D eigenvalue weighted by Gasteiger charge is -2.18. The fraction of sp³-hybridized carbons (Fsp3) is 0.364. The van der Waals surface area contributed by atoms with E-state index in [9.17, 15) is 9.59 Å². The number of amides is 2. The summed E-state index contributed by atoms with van der Waals surface area (Å²) >= 11 is 1.60. The summed E-state index contributed by atoms with van der Waals surface area (Å²) in [6, 6.07) is 11.3. The minimum absolute atomic E-state index is 0.0520. The number of nitrogens with one attached hydrogen (secondary N) is 2. The Morgan fingerprint density at radius 3 is 2.50 bits per heavy atom. The molecule has 2 aromatic rings. The van der Waals surface area contributed by atoms with E-state index in [1.807, 2.05) is 56.3 Å². The second-order valence-electron chi connectivity index (χ2n) is 7.27. The van der Waals surface area contributed by atoms with Crippen molar-refractivity contribution in [2.24, 2.45) is 0 Å². The van der Waals surface area contributed by atoms with Crippen LogP contribution in [0.2, 0.25) is 0 Å². The highest BCUT2D eigenvalue weighted by Crippen LogP contribution is 2.34. The van der Waals surface area contributed by atoms with Gasteiger partial charge in [-0.05, 0) is 63.0 Å². The molecule has 0 spiro atoms. The van der Waals surface area contributed by atoms with E-state index in [2.05, 4.69) is 10.6 Å². The lowest BCUT2D eigenvalue weighted by molar-refractivity contribution is -0.117. The molecule has 0 fully saturated rings. The van der Waals surface area contributed by atoms with Crippen LogP contribution in [0.15, 0.2) is 41.3 Å². The van der Waals surface area contributed by atoms with Gasteiger partial charge in [0.1, 0.15) is 13.2 Å². The Bertz CT molecular complexity index is 917. The number of fused-ring (bicyclic) bond motifs is 1. The first kappa shape index (κ1) is 22.0. The minimum atomic E-state index is -0.0731. The Balaban J connectivity index is 1.46. The van der Waals surface area contributed by atoms with Gasteiger partial charge >= 0.3 is 0 Å². The molecule has 1 heterocycles. The highest BCUT2D eigenvalue weighted by atomic mass is 32.2. The molecule has 2 amide bonds. The summed E-state index contributed by atoms with van der Waals surface area (Å²) in [4.78, 5) is 27.0. The van der Waals surface area contributed by atoms with E-state index >= 15 is 0 Å². The molecule has 1 aliphatic heterocycles. The van der Waals surface area contributed by atoms with E-state index in [4.69, 9.17) is 9.47 Å². The third kappa shape index (κ3) is 6.40. The van der Waals surface area contributed by atoms with Crippen LogP contribution in [0, 0.1) is 6.92 Å². The number of benzene rings is 2. The van der Waals surface area contributed by atoms with Crippen LogP contribution in [0.4, 0.5) is 11.4 Å². The molecular weight excluding hydrogens is 402 g/mol. The van der Waals surface area contributed by atoms with Crippen molar-refractivity contribution in [3.63, 3.8) is 0 Å². The standard InChI is InChI=1S/C22H27N3O4S/c1-15-12-16(4-6-18(15)24-22(27)14-25(2)3)23-21(26)8-11-30-17-5-7-19-20(13-17)29-10-9-28-19/h4-7,12-13H,8-11,14H2,1-3H3,(H,23,26)(H,24,27). The quantitative estimate of drug-likeness (QED) is 0.626. The monoisotopic (exact) mass is 429 g/mol. The van der Waals surface area contributed by atoms with Crippen molar-refractivity contribution in [3.8, 4) is 11.5 Å². The number of carbonyl (C=O) groups is 2. The van der Waals surface area contributed by atoms with Crippen molar-refractivity contribution in [2.45, 2.75) is 18.2 Å². The van der Waals surface area contributed by atoms with Gasteiger partial charge in [0, 0.05) is 28.4 Å². The van der Waals surface area contributed by atoms with Crippen LogP contribution in [0.25, 0.3) is 0 Å². The minimum Gasteiger partial charge on any atom is -0.486 e. The molecule has 0 saturated heterocycles. The van der Waals surface area contributed by atoms with Gasteiger partial charge in [0.2, 0.25) is 11.8 Å². The number of nitrogens with zero attached hydrogens (tertiary/aromatic N) is 1.